The molecule has 1 fully saturated rings. The molecule has 2 aliphatic rings. The van der Waals surface area contributed by atoms with Crippen LogP contribution in [0.1, 0.15) is 70.2 Å². The van der Waals surface area contributed by atoms with Crippen molar-refractivity contribution < 1.29 is 28.5 Å². The molecule has 0 bridgehead atoms. The van der Waals surface area contributed by atoms with E-state index in [0.29, 0.717) is 50.0 Å². The zero-order valence-corrected chi connectivity index (χ0v) is 30.2. The second-order valence-corrected chi connectivity index (χ2v) is 15.5. The van der Waals surface area contributed by atoms with E-state index in [1.165, 1.54) is 11.1 Å². The number of ether oxygens (including phenoxy) is 4. The average molecular weight is 684 g/mol. The number of esters is 1. The number of amides is 1. The number of halogens is 1. The van der Waals surface area contributed by atoms with Crippen LogP contribution in [0.5, 0.6) is 5.75 Å². The summed E-state index contributed by atoms with van der Waals surface area (Å²) in [5.41, 5.74) is 5.13. The Morgan fingerprint density at radius 3 is 2.49 bits per heavy atom. The molecule has 5 rings (SSSR count). The number of rotatable bonds is 7. The smallest absolute Gasteiger partial charge is 0.410 e. The van der Waals surface area contributed by atoms with Crippen molar-refractivity contribution in [2.24, 2.45) is 5.92 Å². The van der Waals surface area contributed by atoms with Gasteiger partial charge in [-0.25, -0.2) is 9.78 Å². The maximum absolute atomic E-state index is 12.8. The number of para-hydroxylation sites is 1. The molecule has 0 saturated carbocycles. The van der Waals surface area contributed by atoms with Gasteiger partial charge in [0.2, 0.25) is 0 Å². The molecule has 3 aromatic rings. The maximum Gasteiger partial charge on any atom is 0.410 e. The summed E-state index contributed by atoms with van der Waals surface area (Å²) in [6.45, 7) is 16.1. The number of carbonyl (C=O) groups is 2. The van der Waals surface area contributed by atoms with Gasteiger partial charge in [0.1, 0.15) is 23.6 Å². The molecule has 1 saturated heterocycles. The van der Waals surface area contributed by atoms with Crippen molar-refractivity contribution in [3.63, 3.8) is 0 Å². The molecule has 0 aliphatic carbocycles. The lowest BCUT2D eigenvalue weighted by Crippen LogP contribution is -2.49. The molecular weight excluding hydrogens is 638 g/mol. The van der Waals surface area contributed by atoms with Gasteiger partial charge in [-0.15, -0.1) is 11.3 Å². The fourth-order valence-corrected chi connectivity index (χ4v) is 7.14. The summed E-state index contributed by atoms with van der Waals surface area (Å²) in [5.74, 6) is 0.0397. The fraction of sp³-hybridized carbons (Fsp3) is 0.528. The van der Waals surface area contributed by atoms with Gasteiger partial charge >= 0.3 is 12.1 Å². The monoisotopic (exact) mass is 683 g/mol. The molecule has 9 nitrogen and oxygen atoms in total. The number of hydrogen-bond acceptors (Lipinski definition) is 9. The van der Waals surface area contributed by atoms with Crippen molar-refractivity contribution in [1.29, 1.82) is 0 Å². The van der Waals surface area contributed by atoms with E-state index >= 15 is 0 Å². The van der Waals surface area contributed by atoms with E-state index in [1.54, 1.807) is 23.3 Å². The van der Waals surface area contributed by atoms with Gasteiger partial charge in [0.25, 0.3) is 0 Å². The quantitative estimate of drug-likeness (QED) is 0.233. The standard InChI is InChI=1S/C36H46ClN3O6S/c1-22-24(13-12-23-18-40(17-14-25(22)23)34(42)46-36(5,6)7)20-44-31-26(10-9-11-28(31)37)29-21-47-33(38-29)39-16-15-27(30(19-39)43-8)32(41)45-35(2,3)4/h9-13,21,27,30H,14-20H2,1-8H3/t27-,30+/m0/s1. The molecule has 2 aliphatic heterocycles. The minimum absolute atomic E-state index is 0.221. The van der Waals surface area contributed by atoms with Crippen LogP contribution >= 0.6 is 22.9 Å². The molecule has 0 N–H and O–H groups in total. The van der Waals surface area contributed by atoms with Crippen molar-refractivity contribution in [1.82, 2.24) is 9.88 Å². The zero-order chi connectivity index (χ0) is 34.1. The number of nitrogens with zero attached hydrogens (tertiary/aromatic N) is 3. The summed E-state index contributed by atoms with van der Waals surface area (Å²) < 4.78 is 23.4. The van der Waals surface area contributed by atoms with Crippen LogP contribution in [0, 0.1) is 12.8 Å². The third-order valence-corrected chi connectivity index (χ3v) is 9.60. The zero-order valence-electron chi connectivity index (χ0n) is 28.6. The molecular formula is C36H46ClN3O6S. The summed E-state index contributed by atoms with van der Waals surface area (Å²) in [6, 6.07) is 9.84. The highest BCUT2D eigenvalue weighted by Crippen LogP contribution is 2.40. The number of carbonyl (C=O) groups excluding carboxylic acids is 2. The third kappa shape index (κ3) is 8.39. The Morgan fingerprint density at radius 1 is 1.04 bits per heavy atom. The summed E-state index contributed by atoms with van der Waals surface area (Å²) in [6.07, 6.45) is 0.795. The van der Waals surface area contributed by atoms with E-state index in [4.69, 9.17) is 35.5 Å². The van der Waals surface area contributed by atoms with Gasteiger partial charge in [0.05, 0.1) is 22.7 Å². The molecule has 0 unspecified atom stereocenters. The fourth-order valence-electron chi connectivity index (χ4n) is 6.04. The molecule has 1 amide bonds. The average Bonchev–Trinajstić information content (AvgIpc) is 3.49. The number of hydrogen-bond donors (Lipinski definition) is 0. The third-order valence-electron chi connectivity index (χ3n) is 8.40. The normalized spacial score (nSPS) is 18.5. The molecule has 11 heteroatoms. The highest BCUT2D eigenvalue weighted by molar-refractivity contribution is 7.14. The van der Waals surface area contributed by atoms with Gasteiger partial charge in [-0.05, 0) is 95.7 Å². The number of benzene rings is 2. The summed E-state index contributed by atoms with van der Waals surface area (Å²) >= 11 is 8.25. The van der Waals surface area contributed by atoms with E-state index in [0.717, 1.165) is 33.9 Å². The SMILES string of the molecule is CO[C@@H]1CN(c2nc(-c3cccc(Cl)c3OCc3ccc4c(c3C)CCN(C(=O)OC(C)(C)C)C4)cs2)CC[C@@H]1C(=O)OC(C)(C)C. The number of thiazole rings is 1. The first-order valence-electron chi connectivity index (χ1n) is 16.1. The van der Waals surface area contributed by atoms with Gasteiger partial charge in [0.15, 0.2) is 5.13 Å². The van der Waals surface area contributed by atoms with Gasteiger partial charge < -0.3 is 28.7 Å². The van der Waals surface area contributed by atoms with Gasteiger partial charge in [-0.1, -0.05) is 29.8 Å². The number of aromatic nitrogens is 1. The first kappa shape index (κ1) is 35.0. The van der Waals surface area contributed by atoms with E-state index < -0.39 is 11.2 Å². The Balaban J connectivity index is 1.28. The number of fused-ring (bicyclic) bond motifs is 1. The van der Waals surface area contributed by atoms with Crippen molar-refractivity contribution in [2.75, 3.05) is 31.6 Å². The molecule has 47 heavy (non-hydrogen) atoms. The Labute approximate surface area is 287 Å². The van der Waals surface area contributed by atoms with Crippen LogP contribution in [0.25, 0.3) is 11.3 Å². The Bertz CT molecular complexity index is 1610. The predicted molar refractivity (Wildman–Crippen MR) is 185 cm³/mol. The van der Waals surface area contributed by atoms with E-state index in [9.17, 15) is 9.59 Å². The van der Waals surface area contributed by atoms with E-state index in [1.807, 2.05) is 65.1 Å². The molecule has 2 atom stereocenters. The topological polar surface area (TPSA) is 90.4 Å². The maximum atomic E-state index is 12.8. The van der Waals surface area contributed by atoms with Crippen LogP contribution in [-0.2, 0) is 38.6 Å². The van der Waals surface area contributed by atoms with Crippen molar-refractivity contribution in [3.8, 4) is 17.0 Å². The molecule has 2 aromatic carbocycles. The van der Waals surface area contributed by atoms with Crippen molar-refractivity contribution in [2.45, 2.75) is 91.8 Å². The Morgan fingerprint density at radius 2 is 1.79 bits per heavy atom. The molecule has 0 radical (unpaired) electrons. The van der Waals surface area contributed by atoms with Crippen LogP contribution in [0.2, 0.25) is 5.02 Å². The summed E-state index contributed by atoms with van der Waals surface area (Å²) in [4.78, 5) is 34.4. The van der Waals surface area contributed by atoms with Gasteiger partial charge in [-0.3, -0.25) is 4.79 Å². The number of anilines is 1. The highest BCUT2D eigenvalue weighted by Gasteiger charge is 2.38. The Kier molecular flexibility index (Phi) is 10.4. The van der Waals surface area contributed by atoms with Gasteiger partial charge in [-0.2, -0.15) is 0 Å². The predicted octanol–water partition coefficient (Wildman–Crippen LogP) is 7.83. The highest BCUT2D eigenvalue weighted by atomic mass is 35.5. The first-order valence-corrected chi connectivity index (χ1v) is 17.3. The molecule has 1 aromatic heterocycles. The number of methoxy groups -OCH3 is 1. The van der Waals surface area contributed by atoms with Crippen molar-refractivity contribution in [3.05, 3.63) is 63.0 Å². The minimum atomic E-state index is -0.544. The van der Waals surface area contributed by atoms with Crippen molar-refractivity contribution >= 4 is 40.1 Å². The second-order valence-electron chi connectivity index (χ2n) is 14.2. The van der Waals surface area contributed by atoms with Crippen LogP contribution in [-0.4, -0.2) is 66.0 Å². The summed E-state index contributed by atoms with van der Waals surface area (Å²) in [7, 11) is 1.64. The molecule has 0 spiro atoms. The minimum Gasteiger partial charge on any atom is -0.487 e. The lowest BCUT2D eigenvalue weighted by molar-refractivity contribution is -0.165. The largest absolute Gasteiger partial charge is 0.487 e. The first-order chi connectivity index (χ1) is 22.1. The number of piperidine rings is 1. The second kappa shape index (κ2) is 14.0. The van der Waals surface area contributed by atoms with Crippen LogP contribution < -0.4 is 9.64 Å². The van der Waals surface area contributed by atoms with Crippen LogP contribution in [0.3, 0.4) is 0 Å². The van der Waals surface area contributed by atoms with E-state index in [-0.39, 0.29) is 24.1 Å². The lowest BCUT2D eigenvalue weighted by atomic mass is 9.92. The molecule has 3 heterocycles. The van der Waals surface area contributed by atoms with E-state index in [2.05, 4.69) is 24.0 Å². The van der Waals surface area contributed by atoms with Crippen LogP contribution in [0.4, 0.5) is 9.93 Å². The molecule has 254 valence electrons. The Hall–Kier alpha value is -3.34. The van der Waals surface area contributed by atoms with Crippen LogP contribution in [0.15, 0.2) is 35.7 Å². The summed E-state index contributed by atoms with van der Waals surface area (Å²) in [5, 5.41) is 3.37. The lowest BCUT2D eigenvalue weighted by Gasteiger charge is -2.37. The van der Waals surface area contributed by atoms with Gasteiger partial charge in [0, 0.05) is 44.2 Å².